The van der Waals surface area contributed by atoms with Crippen molar-refractivity contribution in [1.82, 2.24) is 9.78 Å². The van der Waals surface area contributed by atoms with Crippen molar-refractivity contribution >= 4 is 58.4 Å². The highest BCUT2D eigenvalue weighted by Gasteiger charge is 2.15. The number of halogens is 5. The van der Waals surface area contributed by atoms with Gasteiger partial charge in [0.15, 0.2) is 0 Å². The lowest BCUT2D eigenvalue weighted by atomic mass is 10.2. The van der Waals surface area contributed by atoms with Gasteiger partial charge in [-0.05, 0) is 37.3 Å². The molecule has 4 nitrogen and oxygen atoms in total. The average molecular weight is 488 g/mol. The van der Waals surface area contributed by atoms with Crippen LogP contribution < -0.4 is 0 Å². The number of rotatable bonds is 6. The number of aryl methyl sites for hydroxylation is 1. The van der Waals surface area contributed by atoms with Gasteiger partial charge in [0.25, 0.3) is 0 Å². The van der Waals surface area contributed by atoms with Crippen LogP contribution in [0.15, 0.2) is 42.5 Å². The predicted molar refractivity (Wildman–Crippen MR) is 118 cm³/mol. The summed E-state index contributed by atoms with van der Waals surface area (Å²) in [5.41, 5.74) is 1.94. The Bertz CT molecular complexity index is 1090. The van der Waals surface area contributed by atoms with E-state index in [1.807, 2.05) is 0 Å². The van der Waals surface area contributed by atoms with E-state index in [1.165, 1.54) is 35.0 Å². The summed E-state index contributed by atoms with van der Waals surface area (Å²) in [5.74, 6) is -1.22. The van der Waals surface area contributed by atoms with Crippen LogP contribution in [0.2, 0.25) is 20.2 Å². The molecule has 0 saturated heterocycles. The fraction of sp³-hybridized carbons (Fsp3) is 0.143. The fourth-order valence-corrected chi connectivity index (χ4v) is 3.74. The maximum atomic E-state index is 13.8. The van der Waals surface area contributed by atoms with E-state index < -0.39 is 11.8 Å². The third-order valence-corrected chi connectivity index (χ3v) is 5.75. The summed E-state index contributed by atoms with van der Waals surface area (Å²) in [6, 6.07) is 9.44. The van der Waals surface area contributed by atoms with Crippen molar-refractivity contribution in [3.05, 3.63) is 90.9 Å². The van der Waals surface area contributed by atoms with Gasteiger partial charge < -0.3 is 4.74 Å². The molecule has 3 aromatic rings. The van der Waals surface area contributed by atoms with Crippen LogP contribution in [-0.4, -0.2) is 15.7 Å². The molecule has 0 amide bonds. The van der Waals surface area contributed by atoms with Gasteiger partial charge >= 0.3 is 5.97 Å². The normalized spacial score (nSPS) is 11.3. The van der Waals surface area contributed by atoms with Gasteiger partial charge in [0.05, 0.1) is 17.3 Å². The molecule has 9 heteroatoms. The standard InChI is InChI=1S/C21H15Cl4FN2O2/c1-12-13(8-9-20(29)30-11-15-18(24)6-3-7-19(15)26)21(25)28(27-12)10-14-16(22)4-2-5-17(14)23/h2-9H,10-11H2,1H3. The van der Waals surface area contributed by atoms with Crippen LogP contribution in [0.1, 0.15) is 22.4 Å². The third-order valence-electron chi connectivity index (χ3n) is 4.29. The minimum absolute atomic E-state index is 0.111. The summed E-state index contributed by atoms with van der Waals surface area (Å²) in [6.07, 6.45) is 2.68. The lowest BCUT2D eigenvalue weighted by Crippen LogP contribution is -2.03. The quantitative estimate of drug-likeness (QED) is 0.285. The molecule has 0 bridgehead atoms. The summed E-state index contributed by atoms with van der Waals surface area (Å²) in [7, 11) is 0. The lowest BCUT2D eigenvalue weighted by molar-refractivity contribution is -0.138. The third kappa shape index (κ3) is 5.16. The predicted octanol–water partition coefficient (Wildman–Crippen LogP) is 6.75. The molecular weight excluding hydrogens is 473 g/mol. The first-order chi connectivity index (χ1) is 14.3. The molecule has 0 unspecified atom stereocenters. The second kappa shape index (κ2) is 9.84. The fourth-order valence-electron chi connectivity index (χ4n) is 2.71. The van der Waals surface area contributed by atoms with E-state index >= 15 is 0 Å². The first-order valence-corrected chi connectivity index (χ1v) is 10.2. The monoisotopic (exact) mass is 486 g/mol. The summed E-state index contributed by atoms with van der Waals surface area (Å²) in [5, 5.41) is 5.87. The van der Waals surface area contributed by atoms with Gasteiger partial charge in [-0.3, -0.25) is 0 Å². The van der Waals surface area contributed by atoms with E-state index in [2.05, 4.69) is 5.10 Å². The number of nitrogens with zero attached hydrogens (tertiary/aromatic N) is 2. The van der Waals surface area contributed by atoms with Gasteiger partial charge in [-0.25, -0.2) is 13.9 Å². The molecule has 3 rings (SSSR count). The van der Waals surface area contributed by atoms with Crippen molar-refractivity contribution in [3.63, 3.8) is 0 Å². The van der Waals surface area contributed by atoms with Gasteiger partial charge in [0.2, 0.25) is 0 Å². The summed E-state index contributed by atoms with van der Waals surface area (Å²) in [6.45, 7) is 1.73. The Morgan fingerprint density at radius 3 is 2.30 bits per heavy atom. The zero-order valence-corrected chi connectivity index (χ0v) is 18.7. The molecule has 1 aromatic heterocycles. The smallest absolute Gasteiger partial charge is 0.331 e. The zero-order valence-electron chi connectivity index (χ0n) is 15.6. The Balaban J connectivity index is 1.72. The van der Waals surface area contributed by atoms with Crippen LogP contribution in [0, 0.1) is 12.7 Å². The molecule has 0 aliphatic carbocycles. The molecule has 0 atom stereocenters. The van der Waals surface area contributed by atoms with Crippen LogP contribution in [0.5, 0.6) is 0 Å². The molecule has 0 fully saturated rings. The van der Waals surface area contributed by atoms with Gasteiger partial charge in [-0.15, -0.1) is 0 Å². The van der Waals surface area contributed by atoms with Crippen LogP contribution in [-0.2, 0) is 22.7 Å². The zero-order chi connectivity index (χ0) is 21.8. The highest BCUT2D eigenvalue weighted by Crippen LogP contribution is 2.28. The molecule has 1 heterocycles. The Hall–Kier alpha value is -2.05. The number of carbonyl (C=O) groups is 1. The van der Waals surface area contributed by atoms with Gasteiger partial charge in [-0.1, -0.05) is 58.5 Å². The van der Waals surface area contributed by atoms with Crippen molar-refractivity contribution in [2.24, 2.45) is 0 Å². The minimum atomic E-state index is -0.674. The average Bonchev–Trinajstić information content (AvgIpc) is 2.95. The minimum Gasteiger partial charge on any atom is -0.457 e. The number of hydrogen-bond acceptors (Lipinski definition) is 3. The molecule has 0 aliphatic rings. The Kier molecular flexibility index (Phi) is 7.42. The van der Waals surface area contributed by atoms with Crippen molar-refractivity contribution in [2.75, 3.05) is 0 Å². The molecule has 30 heavy (non-hydrogen) atoms. The number of hydrogen-bond donors (Lipinski definition) is 0. The molecule has 0 spiro atoms. The topological polar surface area (TPSA) is 44.1 Å². The second-order valence-electron chi connectivity index (χ2n) is 6.29. The lowest BCUT2D eigenvalue weighted by Gasteiger charge is -2.08. The van der Waals surface area contributed by atoms with E-state index in [1.54, 1.807) is 25.1 Å². The molecular formula is C21H15Cl4FN2O2. The number of esters is 1. The Morgan fingerprint density at radius 2 is 1.67 bits per heavy atom. The van der Waals surface area contributed by atoms with Gasteiger partial charge in [0, 0.05) is 32.8 Å². The number of benzene rings is 2. The highest BCUT2D eigenvalue weighted by molar-refractivity contribution is 6.36. The maximum absolute atomic E-state index is 13.8. The number of aromatic nitrogens is 2. The second-order valence-corrected chi connectivity index (χ2v) is 7.87. The van der Waals surface area contributed by atoms with E-state index in [0.717, 1.165) is 0 Å². The highest BCUT2D eigenvalue weighted by atomic mass is 35.5. The largest absolute Gasteiger partial charge is 0.457 e. The molecule has 0 radical (unpaired) electrons. The molecule has 156 valence electrons. The molecule has 0 aliphatic heterocycles. The van der Waals surface area contributed by atoms with Crippen molar-refractivity contribution in [3.8, 4) is 0 Å². The van der Waals surface area contributed by atoms with Crippen molar-refractivity contribution in [2.45, 2.75) is 20.1 Å². The summed E-state index contributed by atoms with van der Waals surface area (Å²) >= 11 is 24.8. The van der Waals surface area contributed by atoms with Crippen molar-refractivity contribution < 1.29 is 13.9 Å². The first-order valence-electron chi connectivity index (χ1n) is 8.71. The molecule has 0 saturated carbocycles. The number of ether oxygens (including phenoxy) is 1. The molecule has 0 N–H and O–H groups in total. The summed E-state index contributed by atoms with van der Waals surface area (Å²) in [4.78, 5) is 12.0. The van der Waals surface area contributed by atoms with Crippen molar-refractivity contribution in [1.29, 1.82) is 0 Å². The Labute approximate surface area is 192 Å². The first kappa shape index (κ1) is 22.6. The van der Waals surface area contributed by atoms with E-state index in [9.17, 15) is 9.18 Å². The van der Waals surface area contributed by atoms with E-state index in [0.29, 0.717) is 32.0 Å². The van der Waals surface area contributed by atoms with Crippen LogP contribution in [0.4, 0.5) is 4.39 Å². The maximum Gasteiger partial charge on any atom is 0.331 e. The van der Waals surface area contributed by atoms with Gasteiger partial charge in [-0.2, -0.15) is 5.10 Å². The van der Waals surface area contributed by atoms with Crippen LogP contribution in [0.25, 0.3) is 6.08 Å². The molecule has 2 aromatic carbocycles. The Morgan fingerprint density at radius 1 is 1.07 bits per heavy atom. The SMILES string of the molecule is Cc1nn(Cc2c(Cl)cccc2Cl)c(Cl)c1C=CC(=O)OCc1c(F)cccc1Cl. The van der Waals surface area contributed by atoms with Gasteiger partial charge in [0.1, 0.15) is 17.6 Å². The number of carbonyl (C=O) groups excluding carboxylic acids is 1. The van der Waals surface area contributed by atoms with Crippen LogP contribution >= 0.6 is 46.4 Å². The summed E-state index contributed by atoms with van der Waals surface area (Å²) < 4.78 is 20.4. The van der Waals surface area contributed by atoms with Crippen LogP contribution in [0.3, 0.4) is 0 Å². The van der Waals surface area contributed by atoms with E-state index in [4.69, 9.17) is 51.1 Å². The van der Waals surface area contributed by atoms with E-state index in [-0.39, 0.29) is 23.7 Å².